The van der Waals surface area contributed by atoms with Crippen LogP contribution in [0, 0.1) is 5.92 Å². The average molecular weight is 269 g/mol. The number of carbonyl (C=O) groups excluding carboxylic acids is 2. The van der Waals surface area contributed by atoms with Gasteiger partial charge in [-0.3, -0.25) is 14.5 Å². The van der Waals surface area contributed by atoms with Gasteiger partial charge in [0.15, 0.2) is 0 Å². The number of nitrogens with zero attached hydrogens (tertiary/aromatic N) is 1. The second-order valence-electron chi connectivity index (χ2n) is 5.57. The first-order chi connectivity index (χ1) is 9.04. The molecular weight excluding hydrogens is 242 g/mol. The fourth-order valence-electron chi connectivity index (χ4n) is 2.39. The summed E-state index contributed by atoms with van der Waals surface area (Å²) in [4.78, 5) is 25.5. The molecule has 1 rings (SSSR count). The number of hydrogen-bond donors (Lipinski definition) is 2. The number of hydrogen-bond acceptors (Lipinski definition) is 3. The van der Waals surface area contributed by atoms with Gasteiger partial charge >= 0.3 is 11.8 Å². The Kier molecular flexibility index (Phi) is 6.84. The monoisotopic (exact) mass is 269 g/mol. The number of likely N-dealkylation sites (tertiary alicyclic amines) is 1. The van der Waals surface area contributed by atoms with Gasteiger partial charge in [0.2, 0.25) is 0 Å². The van der Waals surface area contributed by atoms with E-state index in [0.717, 1.165) is 25.9 Å². The molecule has 0 aromatic rings. The van der Waals surface area contributed by atoms with E-state index in [-0.39, 0.29) is 0 Å². The Labute approximate surface area is 116 Å². The largest absolute Gasteiger partial charge is 0.348 e. The third-order valence-electron chi connectivity index (χ3n) is 3.62. The highest BCUT2D eigenvalue weighted by atomic mass is 16.2. The number of likely N-dealkylation sites (N-methyl/N-ethyl adjacent to an activating group) is 1. The second kappa shape index (κ2) is 8.15. The zero-order valence-corrected chi connectivity index (χ0v) is 12.4. The Bertz CT molecular complexity index is 305. The van der Waals surface area contributed by atoms with Crippen molar-refractivity contribution >= 4 is 11.8 Å². The molecule has 2 amide bonds. The smallest absolute Gasteiger partial charge is 0.309 e. The van der Waals surface area contributed by atoms with E-state index in [2.05, 4.69) is 36.3 Å². The molecule has 0 bridgehead atoms. The van der Waals surface area contributed by atoms with Crippen LogP contribution in [-0.4, -0.2) is 48.9 Å². The first kappa shape index (κ1) is 16.0. The van der Waals surface area contributed by atoms with Crippen molar-refractivity contribution in [2.45, 2.75) is 46.1 Å². The molecule has 5 nitrogen and oxygen atoms in total. The van der Waals surface area contributed by atoms with Crippen LogP contribution in [0.25, 0.3) is 0 Å². The lowest BCUT2D eigenvalue weighted by Crippen LogP contribution is -2.45. The number of amides is 2. The van der Waals surface area contributed by atoms with E-state index >= 15 is 0 Å². The van der Waals surface area contributed by atoms with Crippen molar-refractivity contribution in [2.75, 3.05) is 26.2 Å². The minimum Gasteiger partial charge on any atom is -0.348 e. The molecule has 0 aromatic heterocycles. The van der Waals surface area contributed by atoms with Gasteiger partial charge in [-0.25, -0.2) is 0 Å². The van der Waals surface area contributed by atoms with Gasteiger partial charge in [0.05, 0.1) is 0 Å². The average Bonchev–Trinajstić information content (AvgIpc) is 2.82. The van der Waals surface area contributed by atoms with Crippen molar-refractivity contribution < 1.29 is 9.59 Å². The van der Waals surface area contributed by atoms with Gasteiger partial charge in [0.25, 0.3) is 0 Å². The molecule has 1 fully saturated rings. The summed E-state index contributed by atoms with van der Waals surface area (Å²) in [5, 5.41) is 5.38. The molecule has 0 aliphatic carbocycles. The van der Waals surface area contributed by atoms with E-state index in [1.54, 1.807) is 0 Å². The van der Waals surface area contributed by atoms with Crippen molar-refractivity contribution in [1.82, 2.24) is 15.5 Å². The van der Waals surface area contributed by atoms with E-state index in [9.17, 15) is 9.59 Å². The predicted molar refractivity (Wildman–Crippen MR) is 75.7 cm³/mol. The first-order valence-electron chi connectivity index (χ1n) is 7.34. The SMILES string of the molecule is CCN1CCC[C@@H]1CNC(=O)C(=O)NCCC(C)C. The topological polar surface area (TPSA) is 61.4 Å². The van der Waals surface area contributed by atoms with Crippen LogP contribution < -0.4 is 10.6 Å². The van der Waals surface area contributed by atoms with Crippen LogP contribution in [-0.2, 0) is 9.59 Å². The fourth-order valence-corrected chi connectivity index (χ4v) is 2.39. The zero-order chi connectivity index (χ0) is 14.3. The molecule has 0 saturated carbocycles. The van der Waals surface area contributed by atoms with Gasteiger partial charge in [-0.05, 0) is 38.3 Å². The van der Waals surface area contributed by atoms with E-state index in [1.807, 2.05) is 0 Å². The summed E-state index contributed by atoms with van der Waals surface area (Å²) in [6.45, 7) is 9.54. The summed E-state index contributed by atoms with van der Waals surface area (Å²) in [5.74, 6) is -0.492. The van der Waals surface area contributed by atoms with Gasteiger partial charge in [-0.15, -0.1) is 0 Å². The van der Waals surface area contributed by atoms with E-state index in [4.69, 9.17) is 0 Å². The molecule has 5 heteroatoms. The molecule has 0 spiro atoms. The van der Waals surface area contributed by atoms with Gasteiger partial charge in [-0.2, -0.15) is 0 Å². The summed E-state index contributed by atoms with van der Waals surface area (Å²) in [6.07, 6.45) is 3.17. The Balaban J connectivity index is 2.21. The van der Waals surface area contributed by atoms with Crippen molar-refractivity contribution in [1.29, 1.82) is 0 Å². The maximum atomic E-state index is 11.6. The van der Waals surface area contributed by atoms with Crippen LogP contribution in [0.2, 0.25) is 0 Å². The molecule has 1 saturated heterocycles. The third kappa shape index (κ3) is 5.59. The van der Waals surface area contributed by atoms with E-state index < -0.39 is 11.8 Å². The van der Waals surface area contributed by atoms with Crippen LogP contribution in [0.5, 0.6) is 0 Å². The van der Waals surface area contributed by atoms with E-state index in [0.29, 0.717) is 25.0 Å². The zero-order valence-electron chi connectivity index (χ0n) is 12.4. The van der Waals surface area contributed by atoms with Crippen molar-refractivity contribution in [3.63, 3.8) is 0 Å². The van der Waals surface area contributed by atoms with Gasteiger partial charge in [-0.1, -0.05) is 20.8 Å². The quantitative estimate of drug-likeness (QED) is 0.700. The molecular formula is C14H27N3O2. The highest BCUT2D eigenvalue weighted by molar-refractivity contribution is 6.35. The highest BCUT2D eigenvalue weighted by Crippen LogP contribution is 2.15. The van der Waals surface area contributed by atoms with Crippen LogP contribution in [0.3, 0.4) is 0 Å². The summed E-state index contributed by atoms with van der Waals surface area (Å²) >= 11 is 0. The minimum absolute atomic E-state index is 0.386. The maximum Gasteiger partial charge on any atom is 0.309 e. The number of nitrogens with one attached hydrogen (secondary N) is 2. The lowest BCUT2D eigenvalue weighted by molar-refractivity contribution is -0.139. The summed E-state index contributed by atoms with van der Waals surface area (Å²) in [5.41, 5.74) is 0. The Morgan fingerprint density at radius 1 is 1.26 bits per heavy atom. The molecule has 19 heavy (non-hydrogen) atoms. The van der Waals surface area contributed by atoms with Gasteiger partial charge < -0.3 is 10.6 Å². The standard InChI is InChI=1S/C14H27N3O2/c1-4-17-9-5-6-12(17)10-16-14(19)13(18)15-8-7-11(2)3/h11-12H,4-10H2,1-3H3,(H,15,18)(H,16,19)/t12-/m1/s1. The van der Waals surface area contributed by atoms with Crippen molar-refractivity contribution in [3.05, 3.63) is 0 Å². The molecule has 2 N–H and O–H groups in total. The minimum atomic E-state index is -0.512. The normalized spacial score (nSPS) is 19.7. The number of carbonyl (C=O) groups is 2. The van der Waals surface area contributed by atoms with Crippen LogP contribution >= 0.6 is 0 Å². The first-order valence-corrected chi connectivity index (χ1v) is 7.34. The lowest BCUT2D eigenvalue weighted by atomic mass is 10.1. The fraction of sp³-hybridized carbons (Fsp3) is 0.857. The van der Waals surface area contributed by atoms with Crippen LogP contribution in [0.4, 0.5) is 0 Å². The molecule has 0 radical (unpaired) electrons. The molecule has 110 valence electrons. The molecule has 1 heterocycles. The predicted octanol–water partition coefficient (Wildman–Crippen LogP) is 0.749. The van der Waals surface area contributed by atoms with Crippen molar-refractivity contribution in [3.8, 4) is 0 Å². The Morgan fingerprint density at radius 3 is 2.58 bits per heavy atom. The molecule has 0 unspecified atom stereocenters. The Morgan fingerprint density at radius 2 is 1.95 bits per heavy atom. The molecule has 1 atom stereocenters. The molecule has 0 aromatic carbocycles. The summed E-state index contributed by atoms with van der Waals surface area (Å²) < 4.78 is 0. The van der Waals surface area contributed by atoms with E-state index in [1.165, 1.54) is 6.42 Å². The second-order valence-corrected chi connectivity index (χ2v) is 5.57. The Hall–Kier alpha value is -1.10. The van der Waals surface area contributed by atoms with Crippen molar-refractivity contribution in [2.24, 2.45) is 5.92 Å². The maximum absolute atomic E-state index is 11.6. The molecule has 1 aliphatic rings. The highest BCUT2D eigenvalue weighted by Gasteiger charge is 2.24. The third-order valence-corrected chi connectivity index (χ3v) is 3.62. The van der Waals surface area contributed by atoms with Crippen LogP contribution in [0.15, 0.2) is 0 Å². The summed E-state index contributed by atoms with van der Waals surface area (Å²) in [6, 6.07) is 0.386. The molecule has 1 aliphatic heterocycles. The number of rotatable bonds is 6. The van der Waals surface area contributed by atoms with Crippen LogP contribution in [0.1, 0.15) is 40.0 Å². The summed E-state index contributed by atoms with van der Waals surface area (Å²) in [7, 11) is 0. The lowest BCUT2D eigenvalue weighted by Gasteiger charge is -2.22. The van der Waals surface area contributed by atoms with Gasteiger partial charge in [0.1, 0.15) is 0 Å². The van der Waals surface area contributed by atoms with Gasteiger partial charge in [0, 0.05) is 19.1 Å².